The zero-order chi connectivity index (χ0) is 19.0. The van der Waals surface area contributed by atoms with E-state index in [-0.39, 0.29) is 25.0 Å². The SMILES string of the molecule is CN(C)c1ccc(NC(=O)C2CC(=O)N(c3ccc4c(c3)OCO4)C2)cc1. The third-order valence-corrected chi connectivity index (χ3v) is 4.81. The van der Waals surface area contributed by atoms with Gasteiger partial charge in [0.2, 0.25) is 18.6 Å². The highest BCUT2D eigenvalue weighted by atomic mass is 16.7. The predicted octanol–water partition coefficient (Wildman–Crippen LogP) is 2.47. The van der Waals surface area contributed by atoms with Crippen LogP contribution in [0.5, 0.6) is 11.5 Å². The number of carbonyl (C=O) groups excluding carboxylic acids is 2. The van der Waals surface area contributed by atoms with Crippen molar-refractivity contribution in [1.29, 1.82) is 0 Å². The van der Waals surface area contributed by atoms with E-state index in [0.29, 0.717) is 18.0 Å². The van der Waals surface area contributed by atoms with E-state index in [1.54, 1.807) is 17.0 Å². The Morgan fingerprint density at radius 2 is 1.85 bits per heavy atom. The lowest BCUT2D eigenvalue weighted by Gasteiger charge is -2.17. The number of fused-ring (bicyclic) bond motifs is 1. The van der Waals surface area contributed by atoms with Crippen molar-refractivity contribution in [3.8, 4) is 11.5 Å². The highest BCUT2D eigenvalue weighted by molar-refractivity contribution is 6.03. The van der Waals surface area contributed by atoms with E-state index < -0.39 is 5.92 Å². The number of carbonyl (C=O) groups is 2. The number of rotatable bonds is 4. The van der Waals surface area contributed by atoms with Gasteiger partial charge in [-0.05, 0) is 36.4 Å². The second-order valence-corrected chi connectivity index (χ2v) is 6.87. The molecular weight excluding hydrogens is 346 g/mol. The summed E-state index contributed by atoms with van der Waals surface area (Å²) in [5, 5.41) is 2.90. The first kappa shape index (κ1) is 17.2. The Kier molecular flexibility index (Phi) is 4.35. The number of ether oxygens (including phenoxy) is 2. The molecule has 2 aliphatic rings. The maximum Gasteiger partial charge on any atom is 0.231 e. The van der Waals surface area contributed by atoms with E-state index in [1.165, 1.54) is 0 Å². The molecule has 2 aromatic carbocycles. The monoisotopic (exact) mass is 367 g/mol. The number of nitrogens with zero attached hydrogens (tertiary/aromatic N) is 2. The lowest BCUT2D eigenvalue weighted by molar-refractivity contribution is -0.122. The van der Waals surface area contributed by atoms with Crippen molar-refractivity contribution >= 4 is 28.9 Å². The van der Waals surface area contributed by atoms with Crippen LogP contribution in [0.3, 0.4) is 0 Å². The first-order chi connectivity index (χ1) is 13.0. The molecule has 0 aromatic heterocycles. The van der Waals surface area contributed by atoms with Gasteiger partial charge in [0.05, 0.1) is 5.92 Å². The molecular formula is C20H21N3O4. The molecule has 1 unspecified atom stereocenters. The Labute approximate surface area is 157 Å². The highest BCUT2D eigenvalue weighted by Crippen LogP contribution is 2.37. The van der Waals surface area contributed by atoms with Crippen LogP contribution in [0.2, 0.25) is 0 Å². The van der Waals surface area contributed by atoms with Crippen LogP contribution in [-0.2, 0) is 9.59 Å². The van der Waals surface area contributed by atoms with E-state index in [9.17, 15) is 9.59 Å². The van der Waals surface area contributed by atoms with Gasteiger partial charge in [0, 0.05) is 50.2 Å². The molecule has 1 fully saturated rings. The number of amides is 2. The molecule has 0 spiro atoms. The van der Waals surface area contributed by atoms with Crippen LogP contribution in [0.1, 0.15) is 6.42 Å². The van der Waals surface area contributed by atoms with Crippen molar-refractivity contribution in [2.24, 2.45) is 5.92 Å². The Balaban J connectivity index is 1.43. The molecule has 0 aliphatic carbocycles. The van der Waals surface area contributed by atoms with Gasteiger partial charge in [0.1, 0.15) is 0 Å². The normalized spacial score (nSPS) is 17.9. The standard InChI is InChI=1S/C20H21N3O4/c1-22(2)15-5-3-14(4-6-15)21-20(25)13-9-19(24)23(11-13)16-7-8-17-18(10-16)27-12-26-17/h3-8,10,13H,9,11-12H2,1-2H3,(H,21,25). The van der Waals surface area contributed by atoms with Crippen molar-refractivity contribution in [2.45, 2.75) is 6.42 Å². The minimum absolute atomic E-state index is 0.0722. The first-order valence-electron chi connectivity index (χ1n) is 8.79. The summed E-state index contributed by atoms with van der Waals surface area (Å²) >= 11 is 0. The summed E-state index contributed by atoms with van der Waals surface area (Å²) in [6, 6.07) is 13.0. The third-order valence-electron chi connectivity index (χ3n) is 4.81. The Bertz CT molecular complexity index is 879. The minimum Gasteiger partial charge on any atom is -0.454 e. The molecule has 0 saturated carbocycles. The van der Waals surface area contributed by atoms with Gasteiger partial charge in [0.15, 0.2) is 11.5 Å². The number of anilines is 3. The van der Waals surface area contributed by atoms with E-state index in [4.69, 9.17) is 9.47 Å². The molecule has 2 aromatic rings. The fraction of sp³-hybridized carbons (Fsp3) is 0.300. The molecule has 0 bridgehead atoms. The van der Waals surface area contributed by atoms with Crippen LogP contribution in [0.25, 0.3) is 0 Å². The summed E-state index contributed by atoms with van der Waals surface area (Å²) in [4.78, 5) is 28.6. The lowest BCUT2D eigenvalue weighted by Crippen LogP contribution is -2.28. The molecule has 1 N–H and O–H groups in total. The summed E-state index contributed by atoms with van der Waals surface area (Å²) in [6.07, 6.45) is 0.191. The predicted molar refractivity (Wildman–Crippen MR) is 102 cm³/mol. The fourth-order valence-corrected chi connectivity index (χ4v) is 3.27. The van der Waals surface area contributed by atoms with Gasteiger partial charge >= 0.3 is 0 Å². The third kappa shape index (κ3) is 3.40. The zero-order valence-electron chi connectivity index (χ0n) is 15.3. The van der Waals surface area contributed by atoms with Gasteiger partial charge in [-0.3, -0.25) is 9.59 Å². The van der Waals surface area contributed by atoms with Gasteiger partial charge in [-0.1, -0.05) is 0 Å². The molecule has 7 nitrogen and oxygen atoms in total. The molecule has 140 valence electrons. The van der Waals surface area contributed by atoms with E-state index in [2.05, 4.69) is 5.32 Å². The highest BCUT2D eigenvalue weighted by Gasteiger charge is 2.35. The molecule has 7 heteroatoms. The van der Waals surface area contributed by atoms with Crippen LogP contribution in [-0.4, -0.2) is 39.2 Å². The van der Waals surface area contributed by atoms with E-state index >= 15 is 0 Å². The van der Waals surface area contributed by atoms with Crippen molar-refractivity contribution in [3.63, 3.8) is 0 Å². The summed E-state index contributed by atoms with van der Waals surface area (Å²) in [7, 11) is 3.92. The number of nitrogens with one attached hydrogen (secondary N) is 1. The average molecular weight is 367 g/mol. The molecule has 2 heterocycles. The fourth-order valence-electron chi connectivity index (χ4n) is 3.27. The Morgan fingerprint density at radius 3 is 2.59 bits per heavy atom. The van der Waals surface area contributed by atoms with Gasteiger partial charge in [0.25, 0.3) is 0 Å². The summed E-state index contributed by atoms with van der Waals surface area (Å²) < 4.78 is 10.7. The molecule has 1 atom stereocenters. The van der Waals surface area contributed by atoms with Crippen molar-refractivity contribution < 1.29 is 19.1 Å². The Morgan fingerprint density at radius 1 is 1.11 bits per heavy atom. The average Bonchev–Trinajstić information content (AvgIpc) is 3.27. The van der Waals surface area contributed by atoms with Gasteiger partial charge in [-0.25, -0.2) is 0 Å². The molecule has 0 radical (unpaired) electrons. The van der Waals surface area contributed by atoms with Gasteiger partial charge in [-0.15, -0.1) is 0 Å². The number of hydrogen-bond acceptors (Lipinski definition) is 5. The Hall–Kier alpha value is -3.22. The second-order valence-electron chi connectivity index (χ2n) is 6.87. The minimum atomic E-state index is -0.392. The van der Waals surface area contributed by atoms with Crippen LogP contribution in [0, 0.1) is 5.92 Å². The van der Waals surface area contributed by atoms with Crippen molar-refractivity contribution in [3.05, 3.63) is 42.5 Å². The smallest absolute Gasteiger partial charge is 0.231 e. The number of hydrogen-bond donors (Lipinski definition) is 1. The maximum absolute atomic E-state index is 12.6. The maximum atomic E-state index is 12.6. The van der Waals surface area contributed by atoms with Crippen molar-refractivity contribution in [2.75, 3.05) is 42.5 Å². The number of benzene rings is 2. The molecule has 2 amide bonds. The largest absolute Gasteiger partial charge is 0.454 e. The molecule has 2 aliphatic heterocycles. The summed E-state index contributed by atoms with van der Waals surface area (Å²) in [5.41, 5.74) is 2.49. The van der Waals surface area contributed by atoms with E-state index in [0.717, 1.165) is 17.1 Å². The second kappa shape index (κ2) is 6.83. The van der Waals surface area contributed by atoms with Crippen LogP contribution in [0.15, 0.2) is 42.5 Å². The first-order valence-corrected chi connectivity index (χ1v) is 8.79. The van der Waals surface area contributed by atoms with Gasteiger partial charge < -0.3 is 24.6 Å². The molecule has 1 saturated heterocycles. The molecule has 27 heavy (non-hydrogen) atoms. The quantitative estimate of drug-likeness (QED) is 0.899. The summed E-state index contributed by atoms with van der Waals surface area (Å²) in [6.45, 7) is 0.532. The van der Waals surface area contributed by atoms with Crippen LogP contribution < -0.4 is 24.6 Å². The van der Waals surface area contributed by atoms with E-state index in [1.807, 2.05) is 49.3 Å². The molecule has 4 rings (SSSR count). The summed E-state index contributed by atoms with van der Waals surface area (Å²) in [5.74, 6) is 0.674. The zero-order valence-corrected chi connectivity index (χ0v) is 15.3. The lowest BCUT2D eigenvalue weighted by atomic mass is 10.1. The van der Waals surface area contributed by atoms with Gasteiger partial charge in [-0.2, -0.15) is 0 Å². The van der Waals surface area contributed by atoms with Crippen molar-refractivity contribution in [1.82, 2.24) is 0 Å². The topological polar surface area (TPSA) is 71.1 Å². The van der Waals surface area contributed by atoms with Crippen LogP contribution >= 0.6 is 0 Å². The van der Waals surface area contributed by atoms with Crippen LogP contribution in [0.4, 0.5) is 17.1 Å².